The smallest absolute Gasteiger partial charge is 0.272 e. The van der Waals surface area contributed by atoms with Gasteiger partial charge in [0.05, 0.1) is 0 Å². The van der Waals surface area contributed by atoms with Crippen LogP contribution in [0.1, 0.15) is 47.9 Å². The number of aromatic amines is 1. The molecule has 1 atom stereocenters. The number of piperidine rings is 1. The number of nitrogens with zero attached hydrogens (tertiary/aromatic N) is 2. The molecule has 122 valence electrons. The lowest BCUT2D eigenvalue weighted by molar-refractivity contribution is 0.0936. The average molecular weight is 305 g/mol. The van der Waals surface area contributed by atoms with Crippen LogP contribution in [-0.2, 0) is 13.0 Å². The first-order valence-corrected chi connectivity index (χ1v) is 8.51. The number of rotatable bonds is 5. The number of H-pyrrole nitrogens is 1. The minimum Gasteiger partial charge on any atom is -0.350 e. The minimum absolute atomic E-state index is 0.0494. The zero-order chi connectivity index (χ0) is 15.4. The molecule has 2 aliphatic heterocycles. The van der Waals surface area contributed by atoms with Gasteiger partial charge in [0.1, 0.15) is 0 Å². The Morgan fingerprint density at radius 3 is 3.00 bits per heavy atom. The van der Waals surface area contributed by atoms with Gasteiger partial charge in [-0.25, -0.2) is 0 Å². The number of likely N-dealkylation sites (tertiary alicyclic amines) is 1. The molecule has 22 heavy (non-hydrogen) atoms. The fourth-order valence-corrected chi connectivity index (χ4v) is 3.41. The van der Waals surface area contributed by atoms with Gasteiger partial charge in [0.15, 0.2) is 5.69 Å². The molecule has 1 fully saturated rings. The largest absolute Gasteiger partial charge is 0.350 e. The van der Waals surface area contributed by atoms with E-state index in [2.05, 4.69) is 32.7 Å². The van der Waals surface area contributed by atoms with Gasteiger partial charge in [-0.1, -0.05) is 13.3 Å². The number of hydrogen-bond donors (Lipinski definition) is 3. The van der Waals surface area contributed by atoms with E-state index in [0.717, 1.165) is 37.3 Å². The zero-order valence-electron chi connectivity index (χ0n) is 13.5. The van der Waals surface area contributed by atoms with Crippen LogP contribution < -0.4 is 10.6 Å². The molecule has 0 saturated carbocycles. The molecule has 1 saturated heterocycles. The Bertz CT molecular complexity index is 507. The number of fused-ring (bicyclic) bond motifs is 1. The van der Waals surface area contributed by atoms with E-state index in [1.165, 1.54) is 32.4 Å². The first-order chi connectivity index (χ1) is 10.7. The average Bonchev–Trinajstić information content (AvgIpc) is 2.98. The SMILES string of the molecule is CC(CNC(=O)c1n[nH]c2c1CNCC2)CN1CCCCC1. The summed E-state index contributed by atoms with van der Waals surface area (Å²) in [5.41, 5.74) is 2.70. The van der Waals surface area contributed by atoms with E-state index in [1.54, 1.807) is 0 Å². The molecule has 0 radical (unpaired) electrons. The third kappa shape index (κ3) is 3.67. The van der Waals surface area contributed by atoms with Crippen molar-refractivity contribution in [3.8, 4) is 0 Å². The van der Waals surface area contributed by atoms with Crippen LogP contribution in [0.4, 0.5) is 0 Å². The molecular weight excluding hydrogens is 278 g/mol. The van der Waals surface area contributed by atoms with Crippen molar-refractivity contribution >= 4 is 5.91 Å². The lowest BCUT2D eigenvalue weighted by Crippen LogP contribution is -2.38. The van der Waals surface area contributed by atoms with Crippen LogP contribution in [0.2, 0.25) is 0 Å². The molecule has 3 N–H and O–H groups in total. The molecule has 3 rings (SSSR count). The molecule has 1 aromatic heterocycles. The van der Waals surface area contributed by atoms with Crippen LogP contribution in [0.25, 0.3) is 0 Å². The molecule has 3 heterocycles. The molecule has 1 amide bonds. The summed E-state index contributed by atoms with van der Waals surface area (Å²) >= 11 is 0. The van der Waals surface area contributed by atoms with Gasteiger partial charge in [0.2, 0.25) is 0 Å². The molecule has 6 nitrogen and oxygen atoms in total. The maximum absolute atomic E-state index is 12.3. The minimum atomic E-state index is -0.0494. The van der Waals surface area contributed by atoms with Crippen LogP contribution in [0.5, 0.6) is 0 Å². The number of amides is 1. The molecule has 0 aliphatic carbocycles. The Kier molecular flexibility index (Phi) is 5.10. The highest BCUT2D eigenvalue weighted by molar-refractivity contribution is 5.94. The zero-order valence-corrected chi connectivity index (χ0v) is 13.5. The molecule has 0 bridgehead atoms. The molecule has 1 unspecified atom stereocenters. The van der Waals surface area contributed by atoms with Crippen LogP contribution in [0, 0.1) is 5.92 Å². The summed E-state index contributed by atoms with van der Waals surface area (Å²) in [6.07, 6.45) is 4.90. The number of aromatic nitrogens is 2. The normalized spacial score (nSPS) is 20.4. The van der Waals surface area contributed by atoms with E-state index in [9.17, 15) is 4.79 Å². The van der Waals surface area contributed by atoms with E-state index < -0.39 is 0 Å². The van der Waals surface area contributed by atoms with Crippen LogP contribution in [0.15, 0.2) is 0 Å². The highest BCUT2D eigenvalue weighted by Gasteiger charge is 2.22. The maximum Gasteiger partial charge on any atom is 0.272 e. The van der Waals surface area contributed by atoms with E-state index in [0.29, 0.717) is 18.2 Å². The Morgan fingerprint density at radius 2 is 2.18 bits per heavy atom. The standard InChI is InChI=1S/C16H27N5O/c1-12(11-21-7-3-2-4-8-21)9-18-16(22)15-13-10-17-6-5-14(13)19-20-15/h12,17H,2-11H2,1H3,(H,18,22)(H,19,20). The summed E-state index contributed by atoms with van der Waals surface area (Å²) in [6, 6.07) is 0. The summed E-state index contributed by atoms with van der Waals surface area (Å²) < 4.78 is 0. The lowest BCUT2D eigenvalue weighted by atomic mass is 10.1. The van der Waals surface area contributed by atoms with Crippen LogP contribution >= 0.6 is 0 Å². The highest BCUT2D eigenvalue weighted by atomic mass is 16.1. The summed E-state index contributed by atoms with van der Waals surface area (Å²) in [5, 5.41) is 13.5. The first-order valence-electron chi connectivity index (χ1n) is 8.51. The summed E-state index contributed by atoms with van der Waals surface area (Å²) in [5.74, 6) is 0.418. The van der Waals surface area contributed by atoms with Crippen molar-refractivity contribution in [3.05, 3.63) is 17.0 Å². The fourth-order valence-electron chi connectivity index (χ4n) is 3.41. The monoisotopic (exact) mass is 305 g/mol. The fraction of sp³-hybridized carbons (Fsp3) is 0.750. The van der Waals surface area contributed by atoms with E-state index >= 15 is 0 Å². The van der Waals surface area contributed by atoms with Gasteiger partial charge in [-0.05, 0) is 31.8 Å². The van der Waals surface area contributed by atoms with Crippen molar-refractivity contribution in [1.82, 2.24) is 25.7 Å². The van der Waals surface area contributed by atoms with Gasteiger partial charge in [0, 0.05) is 43.9 Å². The van der Waals surface area contributed by atoms with Gasteiger partial charge in [-0.2, -0.15) is 5.10 Å². The molecular formula is C16H27N5O. The first kappa shape index (κ1) is 15.5. The summed E-state index contributed by atoms with van der Waals surface area (Å²) in [6.45, 7) is 8.08. The van der Waals surface area contributed by atoms with Gasteiger partial charge in [-0.3, -0.25) is 9.89 Å². The van der Waals surface area contributed by atoms with Crippen molar-refractivity contribution in [2.24, 2.45) is 5.92 Å². The third-order valence-corrected chi connectivity index (χ3v) is 4.65. The van der Waals surface area contributed by atoms with Gasteiger partial charge in [-0.15, -0.1) is 0 Å². The Morgan fingerprint density at radius 1 is 1.36 bits per heavy atom. The van der Waals surface area contributed by atoms with Crippen molar-refractivity contribution in [2.75, 3.05) is 32.7 Å². The molecule has 0 spiro atoms. The van der Waals surface area contributed by atoms with Crippen molar-refractivity contribution in [1.29, 1.82) is 0 Å². The Labute approximate surface area is 132 Å². The number of hydrogen-bond acceptors (Lipinski definition) is 4. The van der Waals surface area contributed by atoms with Crippen LogP contribution in [-0.4, -0.2) is 53.7 Å². The predicted octanol–water partition coefficient (Wildman–Crippen LogP) is 0.907. The van der Waals surface area contributed by atoms with Crippen molar-refractivity contribution < 1.29 is 4.79 Å². The van der Waals surface area contributed by atoms with E-state index in [1.807, 2.05) is 0 Å². The third-order valence-electron chi connectivity index (χ3n) is 4.65. The molecule has 1 aromatic rings. The number of carbonyl (C=O) groups is 1. The molecule has 6 heteroatoms. The highest BCUT2D eigenvalue weighted by Crippen LogP contribution is 2.15. The molecule has 2 aliphatic rings. The molecule has 0 aromatic carbocycles. The Balaban J connectivity index is 1.48. The van der Waals surface area contributed by atoms with E-state index in [4.69, 9.17) is 0 Å². The topological polar surface area (TPSA) is 73.0 Å². The number of carbonyl (C=O) groups excluding carboxylic acids is 1. The van der Waals surface area contributed by atoms with Gasteiger partial charge >= 0.3 is 0 Å². The summed E-state index contributed by atoms with van der Waals surface area (Å²) in [4.78, 5) is 14.9. The maximum atomic E-state index is 12.3. The van der Waals surface area contributed by atoms with Gasteiger partial charge in [0.25, 0.3) is 5.91 Å². The van der Waals surface area contributed by atoms with Crippen LogP contribution in [0.3, 0.4) is 0 Å². The van der Waals surface area contributed by atoms with Crippen molar-refractivity contribution in [2.45, 2.75) is 39.2 Å². The number of nitrogens with one attached hydrogen (secondary N) is 3. The van der Waals surface area contributed by atoms with Crippen molar-refractivity contribution in [3.63, 3.8) is 0 Å². The van der Waals surface area contributed by atoms with Gasteiger partial charge < -0.3 is 15.5 Å². The summed E-state index contributed by atoms with van der Waals surface area (Å²) in [7, 11) is 0. The quantitative estimate of drug-likeness (QED) is 0.756. The second-order valence-corrected chi connectivity index (χ2v) is 6.63. The predicted molar refractivity (Wildman–Crippen MR) is 85.8 cm³/mol. The Hall–Kier alpha value is -1.40. The second-order valence-electron chi connectivity index (χ2n) is 6.63. The van der Waals surface area contributed by atoms with E-state index in [-0.39, 0.29) is 5.91 Å². The second kappa shape index (κ2) is 7.24. The lowest BCUT2D eigenvalue weighted by Gasteiger charge is -2.29.